The highest BCUT2D eigenvalue weighted by molar-refractivity contribution is 7.88. The molecule has 1 aliphatic carbocycles. The molecule has 1 saturated heterocycles. The molecule has 128 valence electrons. The molecule has 0 aromatic heterocycles. The topological polar surface area (TPSA) is 49.4 Å². The Labute approximate surface area is 136 Å². The molecule has 2 aliphatic rings. The van der Waals surface area contributed by atoms with Gasteiger partial charge in [-0.05, 0) is 56.9 Å². The van der Waals surface area contributed by atoms with Gasteiger partial charge in [0.2, 0.25) is 10.0 Å². The first-order valence-electron chi connectivity index (χ1n) is 8.53. The van der Waals surface area contributed by atoms with Crippen molar-refractivity contribution in [1.29, 1.82) is 0 Å². The molecule has 0 aromatic carbocycles. The second-order valence-corrected chi connectivity index (χ2v) is 9.66. The largest absolute Gasteiger partial charge is 0.303 e. The van der Waals surface area contributed by atoms with Crippen molar-refractivity contribution in [3.8, 4) is 0 Å². The van der Waals surface area contributed by atoms with E-state index in [-0.39, 0.29) is 0 Å². The quantitative estimate of drug-likeness (QED) is 0.763. The molecule has 1 N–H and O–H groups in total. The Morgan fingerprint density at radius 1 is 1.36 bits per heavy atom. The van der Waals surface area contributed by atoms with Gasteiger partial charge in [0.1, 0.15) is 0 Å². The average molecular weight is 329 g/mol. The molecule has 22 heavy (non-hydrogen) atoms. The fraction of sp³-hybridized carbons (Fsp3) is 0.882. The van der Waals surface area contributed by atoms with Crippen molar-refractivity contribution in [1.82, 2.24) is 9.62 Å². The van der Waals surface area contributed by atoms with E-state index in [0.29, 0.717) is 17.9 Å². The van der Waals surface area contributed by atoms with Crippen LogP contribution in [0.4, 0.5) is 0 Å². The number of nitrogens with one attached hydrogen (secondary N) is 1. The van der Waals surface area contributed by atoms with Gasteiger partial charge in [-0.1, -0.05) is 25.0 Å². The summed E-state index contributed by atoms with van der Waals surface area (Å²) in [5.41, 5.74) is 3.63. The second-order valence-electron chi connectivity index (χ2n) is 7.82. The zero-order valence-corrected chi connectivity index (χ0v) is 15.4. The molecule has 0 aromatic rings. The first-order chi connectivity index (χ1) is 10.2. The molecule has 1 heterocycles. The Morgan fingerprint density at radius 2 is 2.09 bits per heavy atom. The summed E-state index contributed by atoms with van der Waals surface area (Å²) >= 11 is 0. The lowest BCUT2D eigenvalue weighted by Crippen LogP contribution is -2.31. The second kappa shape index (κ2) is 7.02. The molecule has 5 heteroatoms. The molecule has 0 bridgehead atoms. The Bertz CT molecular complexity index is 523. The van der Waals surface area contributed by atoms with E-state index in [4.69, 9.17) is 0 Å². The van der Waals surface area contributed by atoms with E-state index < -0.39 is 10.0 Å². The highest BCUT2D eigenvalue weighted by Crippen LogP contribution is 2.41. The maximum absolute atomic E-state index is 11.2. The summed E-state index contributed by atoms with van der Waals surface area (Å²) in [6.07, 6.45) is 7.40. The van der Waals surface area contributed by atoms with Crippen molar-refractivity contribution >= 4 is 10.0 Å². The lowest BCUT2D eigenvalue weighted by atomic mass is 9.71. The van der Waals surface area contributed by atoms with Crippen LogP contribution in [-0.4, -0.2) is 45.8 Å². The average Bonchev–Trinajstić information content (AvgIpc) is 2.82. The van der Waals surface area contributed by atoms with Crippen LogP contribution >= 0.6 is 0 Å². The van der Waals surface area contributed by atoms with E-state index in [2.05, 4.69) is 30.4 Å². The maximum atomic E-state index is 11.2. The van der Waals surface area contributed by atoms with Crippen LogP contribution in [0.2, 0.25) is 0 Å². The summed E-state index contributed by atoms with van der Waals surface area (Å²) in [5.74, 6) is 0.462. The van der Waals surface area contributed by atoms with Gasteiger partial charge in [-0.15, -0.1) is 0 Å². The standard InChI is InChI=1S/C17H32N2O2S/c1-14-6-5-9-17(2,3)16(14)8-11-19-10-7-15(13-19)12-18-22(4,20)21/h15,18H,5-13H2,1-4H3/t15-/m0/s1. The van der Waals surface area contributed by atoms with Gasteiger partial charge in [0.05, 0.1) is 6.26 Å². The van der Waals surface area contributed by atoms with Crippen LogP contribution in [0.1, 0.15) is 52.9 Å². The molecule has 0 saturated carbocycles. The van der Waals surface area contributed by atoms with Crippen LogP contribution in [0.3, 0.4) is 0 Å². The van der Waals surface area contributed by atoms with Crippen LogP contribution in [0, 0.1) is 11.3 Å². The predicted molar refractivity (Wildman–Crippen MR) is 92.3 cm³/mol. The van der Waals surface area contributed by atoms with E-state index in [0.717, 1.165) is 26.1 Å². The zero-order valence-electron chi connectivity index (χ0n) is 14.6. The lowest BCUT2D eigenvalue weighted by molar-refractivity contribution is 0.298. The summed E-state index contributed by atoms with van der Waals surface area (Å²) in [6.45, 7) is 10.9. The molecule has 1 fully saturated rings. The molecule has 1 atom stereocenters. The number of sulfonamides is 1. The van der Waals surface area contributed by atoms with Crippen LogP contribution in [0.25, 0.3) is 0 Å². The minimum Gasteiger partial charge on any atom is -0.303 e. The van der Waals surface area contributed by atoms with Crippen molar-refractivity contribution in [3.05, 3.63) is 11.1 Å². The highest BCUT2D eigenvalue weighted by atomic mass is 32.2. The molecule has 4 nitrogen and oxygen atoms in total. The van der Waals surface area contributed by atoms with E-state index in [1.807, 2.05) is 0 Å². The third kappa shape index (κ3) is 5.07. The predicted octanol–water partition coefficient (Wildman–Crippen LogP) is 2.77. The number of likely N-dealkylation sites (tertiary alicyclic amines) is 1. The first-order valence-corrected chi connectivity index (χ1v) is 10.4. The van der Waals surface area contributed by atoms with Crippen LogP contribution in [-0.2, 0) is 10.0 Å². The van der Waals surface area contributed by atoms with Crippen molar-refractivity contribution in [3.63, 3.8) is 0 Å². The smallest absolute Gasteiger partial charge is 0.208 e. The van der Waals surface area contributed by atoms with Gasteiger partial charge in [0, 0.05) is 19.6 Å². The Balaban J connectivity index is 1.81. The summed E-state index contributed by atoms with van der Waals surface area (Å²) in [5, 5.41) is 0. The SMILES string of the molecule is CC1=C(CCN2CC[C@@H](CNS(C)(=O)=O)C2)C(C)(C)CCC1. The van der Waals surface area contributed by atoms with Gasteiger partial charge in [-0.25, -0.2) is 13.1 Å². The van der Waals surface area contributed by atoms with Gasteiger partial charge in [0.25, 0.3) is 0 Å². The third-order valence-electron chi connectivity index (χ3n) is 5.37. The van der Waals surface area contributed by atoms with Crippen molar-refractivity contribution in [2.24, 2.45) is 11.3 Å². The van der Waals surface area contributed by atoms with Crippen molar-refractivity contribution < 1.29 is 8.42 Å². The summed E-state index contributed by atoms with van der Waals surface area (Å²) in [6, 6.07) is 0. The van der Waals surface area contributed by atoms with E-state index in [1.165, 1.54) is 31.9 Å². The van der Waals surface area contributed by atoms with Crippen LogP contribution < -0.4 is 4.72 Å². The normalized spacial score (nSPS) is 26.6. The van der Waals surface area contributed by atoms with Crippen LogP contribution in [0.15, 0.2) is 11.1 Å². The monoisotopic (exact) mass is 328 g/mol. The zero-order chi connectivity index (χ0) is 16.4. The first kappa shape index (κ1) is 18.0. The van der Waals surface area contributed by atoms with Crippen LogP contribution in [0.5, 0.6) is 0 Å². The van der Waals surface area contributed by atoms with Gasteiger partial charge in [-0.2, -0.15) is 0 Å². The van der Waals surface area contributed by atoms with Gasteiger partial charge in [0.15, 0.2) is 0 Å². The molecule has 0 unspecified atom stereocenters. The fourth-order valence-electron chi connectivity index (χ4n) is 4.05. The van der Waals surface area contributed by atoms with E-state index >= 15 is 0 Å². The molecule has 0 spiro atoms. The van der Waals surface area contributed by atoms with Gasteiger partial charge >= 0.3 is 0 Å². The summed E-state index contributed by atoms with van der Waals surface area (Å²) < 4.78 is 25.0. The maximum Gasteiger partial charge on any atom is 0.208 e. The molecular formula is C17H32N2O2S. The molecule has 2 rings (SSSR count). The molecule has 1 aliphatic heterocycles. The summed E-state index contributed by atoms with van der Waals surface area (Å²) in [7, 11) is -3.06. The molecule has 0 radical (unpaired) electrons. The van der Waals surface area contributed by atoms with Crippen molar-refractivity contribution in [2.45, 2.75) is 52.9 Å². The number of hydrogen-bond acceptors (Lipinski definition) is 3. The summed E-state index contributed by atoms with van der Waals surface area (Å²) in [4.78, 5) is 2.50. The van der Waals surface area contributed by atoms with Crippen molar-refractivity contribution in [2.75, 3.05) is 32.4 Å². The van der Waals surface area contributed by atoms with Gasteiger partial charge < -0.3 is 4.90 Å². The molecular weight excluding hydrogens is 296 g/mol. The van der Waals surface area contributed by atoms with E-state index in [1.54, 1.807) is 11.1 Å². The fourth-order valence-corrected chi connectivity index (χ4v) is 4.59. The van der Waals surface area contributed by atoms with E-state index in [9.17, 15) is 8.42 Å². The lowest BCUT2D eigenvalue weighted by Gasteiger charge is -2.35. The minimum atomic E-state index is -3.06. The number of allylic oxidation sites excluding steroid dienone is 1. The number of rotatable bonds is 6. The Kier molecular flexibility index (Phi) is 5.73. The Hall–Kier alpha value is -0.390. The van der Waals surface area contributed by atoms with Gasteiger partial charge in [-0.3, -0.25) is 0 Å². The third-order valence-corrected chi connectivity index (χ3v) is 6.06. The highest BCUT2D eigenvalue weighted by Gasteiger charge is 2.29. The number of hydrogen-bond donors (Lipinski definition) is 1. The Morgan fingerprint density at radius 3 is 2.73 bits per heavy atom. The minimum absolute atomic E-state index is 0.360. The molecule has 0 amide bonds. The number of nitrogens with zero attached hydrogens (tertiary/aromatic N) is 1.